The zero-order valence-corrected chi connectivity index (χ0v) is 16.1. The fourth-order valence-electron chi connectivity index (χ4n) is 1.30. The van der Waals surface area contributed by atoms with Gasteiger partial charge in [0.05, 0.1) is 0 Å². The quantitative estimate of drug-likeness (QED) is 0.142. The molecule has 20 heavy (non-hydrogen) atoms. The van der Waals surface area contributed by atoms with Crippen LogP contribution < -0.4 is 69.3 Å². The Morgan fingerprint density at radius 2 is 1.80 bits per heavy atom. The first-order chi connectivity index (χ1) is 8.47. The second-order valence-electron chi connectivity index (χ2n) is 3.82. The molecule has 0 aromatic rings. The summed E-state index contributed by atoms with van der Waals surface area (Å²) < 4.78 is 0. The number of allylic oxidation sites excluding steroid dienone is 1. The number of carboxylic acids is 2. The van der Waals surface area contributed by atoms with Gasteiger partial charge in [-0.25, -0.2) is 4.79 Å². The summed E-state index contributed by atoms with van der Waals surface area (Å²) in [5.74, 6) is -3.16. The molecule has 0 aliphatic heterocycles. The topological polar surface area (TPSA) is 113 Å². The van der Waals surface area contributed by atoms with Gasteiger partial charge in [0.2, 0.25) is 0 Å². The number of carboxylic acid groups (broad SMARTS) is 2. The van der Waals surface area contributed by atoms with E-state index in [1.54, 1.807) is 6.08 Å². The SMILES string of the molecule is C=CCCCCC([O-])=N[C@@H](CCC(=O)[O-])C(=O)O.[Na+].[Na+]. The fourth-order valence-corrected chi connectivity index (χ4v) is 1.30. The maximum atomic E-state index is 11.3. The Hall–Kier alpha value is 0.150. The molecule has 0 spiro atoms. The minimum absolute atomic E-state index is 0. The van der Waals surface area contributed by atoms with Gasteiger partial charge in [0.1, 0.15) is 6.04 Å². The molecular weight excluding hydrogens is 284 g/mol. The number of hydrogen-bond donors (Lipinski definition) is 1. The molecule has 0 rings (SSSR count). The molecule has 8 heteroatoms. The molecule has 0 fully saturated rings. The molecule has 0 saturated heterocycles. The van der Waals surface area contributed by atoms with Gasteiger partial charge in [0, 0.05) is 5.97 Å². The average Bonchev–Trinajstić information content (AvgIpc) is 2.29. The van der Waals surface area contributed by atoms with Crippen LogP contribution in [0.5, 0.6) is 0 Å². The minimum Gasteiger partial charge on any atom is -0.862 e. The molecule has 0 amide bonds. The van der Waals surface area contributed by atoms with Crippen molar-refractivity contribution in [2.45, 2.75) is 44.6 Å². The molecule has 1 N–H and O–H groups in total. The normalized spacial score (nSPS) is 11.7. The van der Waals surface area contributed by atoms with Crippen LogP contribution in [-0.2, 0) is 9.59 Å². The first-order valence-corrected chi connectivity index (χ1v) is 5.74. The van der Waals surface area contributed by atoms with Gasteiger partial charge in [0.25, 0.3) is 0 Å². The predicted molar refractivity (Wildman–Crippen MR) is 61.8 cm³/mol. The van der Waals surface area contributed by atoms with E-state index >= 15 is 0 Å². The van der Waals surface area contributed by atoms with E-state index in [-0.39, 0.29) is 72.0 Å². The Morgan fingerprint density at radius 1 is 1.20 bits per heavy atom. The van der Waals surface area contributed by atoms with Crippen molar-refractivity contribution in [1.29, 1.82) is 0 Å². The van der Waals surface area contributed by atoms with Gasteiger partial charge in [-0.05, 0) is 44.4 Å². The first-order valence-electron chi connectivity index (χ1n) is 5.74. The minimum atomic E-state index is -1.35. The standard InChI is InChI=1S/C12H19NO5.2Na/c1-2-3-4-5-6-10(14)13-9(12(17)18)7-8-11(15)16;;/h2,9H,1,3-8H2,(H,13,14)(H,15,16)(H,17,18);;/q;2*+1/p-2/t9-;;/m0../s1. The van der Waals surface area contributed by atoms with Gasteiger partial charge >= 0.3 is 65.1 Å². The van der Waals surface area contributed by atoms with Crippen LogP contribution in [-0.4, -0.2) is 29.0 Å². The summed E-state index contributed by atoms with van der Waals surface area (Å²) in [6.07, 6.45) is 3.45. The van der Waals surface area contributed by atoms with Crippen LogP contribution in [0, 0.1) is 0 Å². The molecule has 6 nitrogen and oxygen atoms in total. The summed E-state index contributed by atoms with van der Waals surface area (Å²) in [5, 5.41) is 30.3. The number of carbonyl (C=O) groups is 2. The molecule has 0 unspecified atom stereocenters. The van der Waals surface area contributed by atoms with Gasteiger partial charge in [-0.2, -0.15) is 0 Å². The number of aliphatic imine (C=N–C) groups is 1. The summed E-state index contributed by atoms with van der Waals surface area (Å²) >= 11 is 0. The Balaban J connectivity index is -0.00000144. The summed E-state index contributed by atoms with van der Waals surface area (Å²) in [7, 11) is 0. The summed E-state index contributed by atoms with van der Waals surface area (Å²) in [5.41, 5.74) is 0. The predicted octanol–water partition coefficient (Wildman–Crippen LogP) is -6.52. The molecule has 0 radical (unpaired) electrons. The first kappa shape index (κ1) is 25.1. The van der Waals surface area contributed by atoms with Crippen molar-refractivity contribution in [2.24, 2.45) is 4.99 Å². The van der Waals surface area contributed by atoms with E-state index in [9.17, 15) is 19.8 Å². The fraction of sp³-hybridized carbons (Fsp3) is 0.583. The van der Waals surface area contributed by atoms with E-state index in [0.29, 0.717) is 6.42 Å². The Kier molecular flexibility index (Phi) is 19.5. The molecule has 0 saturated carbocycles. The van der Waals surface area contributed by atoms with Crippen molar-refractivity contribution >= 4 is 17.8 Å². The van der Waals surface area contributed by atoms with Crippen LogP contribution in [0.2, 0.25) is 0 Å². The summed E-state index contributed by atoms with van der Waals surface area (Å²) in [6, 6.07) is -1.30. The van der Waals surface area contributed by atoms with Gasteiger partial charge in [-0.1, -0.05) is 6.08 Å². The van der Waals surface area contributed by atoms with Gasteiger partial charge in [-0.15, -0.1) is 6.58 Å². The number of nitrogens with zero attached hydrogens (tertiary/aromatic N) is 1. The number of unbranched alkanes of at least 4 members (excludes halogenated alkanes) is 2. The van der Waals surface area contributed by atoms with E-state index in [1.165, 1.54) is 0 Å². The van der Waals surface area contributed by atoms with E-state index in [4.69, 9.17) is 5.11 Å². The Morgan fingerprint density at radius 3 is 2.25 bits per heavy atom. The molecule has 0 aliphatic carbocycles. The maximum absolute atomic E-state index is 11.3. The number of hydrogen-bond acceptors (Lipinski definition) is 5. The van der Waals surface area contributed by atoms with Crippen molar-refractivity contribution in [2.75, 3.05) is 0 Å². The van der Waals surface area contributed by atoms with E-state index in [1.807, 2.05) is 0 Å². The van der Waals surface area contributed by atoms with Gasteiger partial charge in [0.15, 0.2) is 0 Å². The van der Waals surface area contributed by atoms with Gasteiger partial charge < -0.3 is 20.1 Å². The second kappa shape index (κ2) is 15.5. The van der Waals surface area contributed by atoms with Crippen molar-refractivity contribution in [1.82, 2.24) is 0 Å². The summed E-state index contributed by atoms with van der Waals surface area (Å²) in [6.45, 7) is 3.54. The van der Waals surface area contributed by atoms with Crippen LogP contribution >= 0.6 is 0 Å². The van der Waals surface area contributed by atoms with Gasteiger partial charge in [-0.3, -0.25) is 4.99 Å². The third-order valence-electron chi connectivity index (χ3n) is 2.26. The maximum Gasteiger partial charge on any atom is 1.00 e. The number of rotatable bonds is 10. The van der Waals surface area contributed by atoms with Crippen LogP contribution in [0.25, 0.3) is 0 Å². The monoisotopic (exact) mass is 301 g/mol. The molecule has 1 atom stereocenters. The van der Waals surface area contributed by atoms with Crippen LogP contribution in [0.15, 0.2) is 17.6 Å². The second-order valence-corrected chi connectivity index (χ2v) is 3.82. The molecule has 102 valence electrons. The van der Waals surface area contributed by atoms with Crippen LogP contribution in [0.3, 0.4) is 0 Å². The molecule has 0 bridgehead atoms. The number of aliphatic carboxylic acids is 2. The van der Waals surface area contributed by atoms with E-state index in [2.05, 4.69) is 11.6 Å². The van der Waals surface area contributed by atoms with E-state index in [0.717, 1.165) is 12.8 Å². The van der Waals surface area contributed by atoms with Crippen LogP contribution in [0.4, 0.5) is 0 Å². The van der Waals surface area contributed by atoms with Crippen LogP contribution in [0.1, 0.15) is 38.5 Å². The average molecular weight is 301 g/mol. The molecule has 0 heterocycles. The van der Waals surface area contributed by atoms with E-state index < -0.39 is 30.3 Å². The summed E-state index contributed by atoms with van der Waals surface area (Å²) in [4.78, 5) is 24.5. The largest absolute Gasteiger partial charge is 1.00 e. The smallest absolute Gasteiger partial charge is 0.862 e. The third-order valence-corrected chi connectivity index (χ3v) is 2.26. The van der Waals surface area contributed by atoms with Crippen molar-refractivity contribution in [3.8, 4) is 0 Å². The van der Waals surface area contributed by atoms with Crippen molar-refractivity contribution < 1.29 is 84.0 Å². The zero-order valence-electron chi connectivity index (χ0n) is 12.1. The third kappa shape index (κ3) is 14.6. The zero-order chi connectivity index (χ0) is 14.0. The van der Waals surface area contributed by atoms with Crippen molar-refractivity contribution in [3.63, 3.8) is 0 Å². The number of carbonyl (C=O) groups excluding carboxylic acids is 1. The molecule has 0 aromatic heterocycles. The van der Waals surface area contributed by atoms with Crippen molar-refractivity contribution in [3.05, 3.63) is 12.7 Å². The Labute approximate surface area is 162 Å². The molecule has 0 aliphatic rings. The molecule has 0 aromatic carbocycles. The molecular formula is C12H17NNa2O5. The Bertz CT molecular complexity index is 334.